The number of hydrazine groups is 2. The monoisotopic (exact) mass is 909 g/mol. The van der Waals surface area contributed by atoms with Crippen molar-refractivity contribution in [2.24, 2.45) is 28.7 Å². The number of methoxy groups -OCH3 is 1. The summed E-state index contributed by atoms with van der Waals surface area (Å²) in [6, 6.07) is 9.04. The molecule has 1 aliphatic carbocycles. The summed E-state index contributed by atoms with van der Waals surface area (Å²) in [5, 5.41) is 34.5. The molecule has 4 aliphatic heterocycles. The lowest BCUT2D eigenvalue weighted by molar-refractivity contribution is -0.160. The van der Waals surface area contributed by atoms with E-state index >= 15 is 0 Å². The van der Waals surface area contributed by atoms with Crippen LogP contribution in [0.1, 0.15) is 85.1 Å². The van der Waals surface area contributed by atoms with E-state index in [4.69, 9.17) is 23.7 Å². The Morgan fingerprint density at radius 3 is 2.26 bits per heavy atom. The molecule has 4 heterocycles. The van der Waals surface area contributed by atoms with Crippen molar-refractivity contribution in [2.45, 2.75) is 85.6 Å². The quantitative estimate of drug-likeness (QED) is 0.115. The number of phenolic OH excluding ortho intramolecular Hbond substituents is 1. The number of ether oxygens (including phenoxy) is 5. The van der Waals surface area contributed by atoms with Gasteiger partial charge in [-0.05, 0) is 38.1 Å². The molecule has 0 fully saturated rings. The van der Waals surface area contributed by atoms with Gasteiger partial charge in [0.25, 0.3) is 11.7 Å². The average molecular weight is 910 g/mol. The van der Waals surface area contributed by atoms with E-state index in [0.717, 1.165) is 12.5 Å². The lowest BCUT2D eigenvalue weighted by Gasteiger charge is -2.38. The second kappa shape index (κ2) is 20.0. The molecule has 0 aromatic heterocycles. The molecule has 0 radical (unpaired) electrons. The molecule has 2 aromatic carbocycles. The molecule has 0 spiro atoms. The Morgan fingerprint density at radius 1 is 0.894 bits per heavy atom. The van der Waals surface area contributed by atoms with Gasteiger partial charge >= 0.3 is 11.8 Å². The molecule has 9 atom stereocenters. The minimum absolute atomic E-state index is 0.0286. The number of para-hydroxylation sites is 1. The number of ketones is 3. The number of benzene rings is 2. The highest BCUT2D eigenvalue weighted by molar-refractivity contribution is 6.63. The molecule has 18 nitrogen and oxygen atoms in total. The molecule has 0 saturated heterocycles. The lowest BCUT2D eigenvalue weighted by atomic mass is 9.78. The first-order valence-corrected chi connectivity index (χ1v) is 21.3. The molecule has 5 aliphatic rings. The van der Waals surface area contributed by atoms with Gasteiger partial charge < -0.3 is 44.4 Å². The summed E-state index contributed by atoms with van der Waals surface area (Å²) in [6.07, 6.45) is 7.41. The van der Waals surface area contributed by atoms with Crippen molar-refractivity contribution in [3.63, 3.8) is 0 Å². The van der Waals surface area contributed by atoms with Gasteiger partial charge in [0.15, 0.2) is 5.78 Å². The van der Waals surface area contributed by atoms with Crippen molar-refractivity contribution < 1.29 is 63.0 Å². The van der Waals surface area contributed by atoms with Crippen molar-refractivity contribution in [3.8, 4) is 17.2 Å². The first-order valence-electron chi connectivity index (χ1n) is 21.3. The standard InChI is InChI=1S/C48H55N5O13/c1-23-14-13-15-24(2)47(61)50-38-31(22-49-51-33-18-19-34(53-52-33)65-30-16-11-10-12-17-30)42(58)35-36(43(38)59)41(57)28(6)45-37(35)46(60)48(8,66-45)63-21-20-32(62-9)25(3)44(64-29(7)54)27(5)40(56)26(4)39(23)55/h10-23,25-27,32,39-40,44,49,51-53,55-57H,1-9H3. The Morgan fingerprint density at radius 2 is 1.61 bits per heavy atom. The Balaban J connectivity index is 1.43. The van der Waals surface area contributed by atoms with Crippen LogP contribution in [0.25, 0.3) is 0 Å². The van der Waals surface area contributed by atoms with Crippen LogP contribution >= 0.6 is 0 Å². The minimum Gasteiger partial charge on any atom is -0.507 e. The number of amides is 1. The number of nitrogens with zero attached hydrogens (tertiary/aromatic N) is 1. The number of allylic oxidation sites excluding steroid dienone is 5. The SMILES string of the molecule is COC1C=COC2(C)Oc3c(C)c(O)c4c(c3C2=O)C(=O)C(=CNNC2=CC=C(Oc3ccccc3)NN2)C(=NC(=O)C(C)=CC=CC(C)C(O)C(C)C(O)C(C)C(OC(C)=O)C1C)C4=O. The van der Waals surface area contributed by atoms with Gasteiger partial charge in [0.2, 0.25) is 11.7 Å². The third-order valence-corrected chi connectivity index (χ3v) is 12.0. The number of aliphatic hydroxyl groups excluding tert-OH is 2. The zero-order valence-electron chi connectivity index (χ0n) is 38.0. The summed E-state index contributed by atoms with van der Waals surface area (Å²) in [5.41, 5.74) is 8.81. The van der Waals surface area contributed by atoms with Gasteiger partial charge in [0.1, 0.15) is 34.9 Å². The smallest absolute Gasteiger partial charge is 0.312 e. The third-order valence-electron chi connectivity index (χ3n) is 12.0. The van der Waals surface area contributed by atoms with Crippen molar-refractivity contribution >= 4 is 34.9 Å². The highest BCUT2D eigenvalue weighted by atomic mass is 16.7. The Kier molecular flexibility index (Phi) is 14.7. The Bertz CT molecular complexity index is 2510. The number of carbonyl (C=O) groups excluding carboxylic acids is 5. The summed E-state index contributed by atoms with van der Waals surface area (Å²) >= 11 is 0. The second-order valence-electron chi connectivity index (χ2n) is 16.7. The number of carbonyl (C=O) groups is 5. The van der Waals surface area contributed by atoms with Crippen LogP contribution in [0.2, 0.25) is 0 Å². The number of aromatic hydroxyl groups is 1. The number of aliphatic imine (C=N–C) groups is 1. The lowest BCUT2D eigenvalue weighted by Crippen LogP contribution is -2.46. The fraction of sp³-hybridized carbons (Fsp3) is 0.375. The number of esters is 1. The fourth-order valence-electron chi connectivity index (χ4n) is 8.10. The van der Waals surface area contributed by atoms with Crippen LogP contribution in [0.3, 0.4) is 0 Å². The van der Waals surface area contributed by atoms with Crippen molar-refractivity contribution in [1.29, 1.82) is 0 Å². The van der Waals surface area contributed by atoms with Crippen molar-refractivity contribution in [3.05, 3.63) is 124 Å². The van der Waals surface area contributed by atoms with E-state index < -0.39 is 111 Å². The number of fused-ring (bicyclic) bond motifs is 14. The first-order chi connectivity index (χ1) is 31.3. The second-order valence-corrected chi connectivity index (χ2v) is 16.7. The molecular formula is C48H55N5O13. The molecule has 7 N–H and O–H groups in total. The third kappa shape index (κ3) is 9.80. The van der Waals surface area contributed by atoms with Crippen LogP contribution in [0, 0.1) is 30.6 Å². The molecule has 0 saturated carbocycles. The van der Waals surface area contributed by atoms with E-state index in [1.165, 1.54) is 53.0 Å². The van der Waals surface area contributed by atoms with E-state index in [2.05, 4.69) is 26.7 Å². The number of hydrogen-bond acceptors (Lipinski definition) is 17. The van der Waals surface area contributed by atoms with Gasteiger partial charge in [0, 0.05) is 68.0 Å². The Labute approximate surface area is 381 Å². The van der Waals surface area contributed by atoms with Gasteiger partial charge in [-0.2, -0.15) is 0 Å². The predicted octanol–water partition coefficient (Wildman–Crippen LogP) is 4.45. The van der Waals surface area contributed by atoms with E-state index in [-0.39, 0.29) is 22.4 Å². The van der Waals surface area contributed by atoms with Gasteiger partial charge in [-0.15, -0.1) is 0 Å². The van der Waals surface area contributed by atoms with Crippen LogP contribution in [-0.2, 0) is 23.8 Å². The molecule has 7 rings (SSSR count). The fourth-order valence-corrected chi connectivity index (χ4v) is 8.10. The topological polar surface area (TPSA) is 253 Å². The summed E-state index contributed by atoms with van der Waals surface area (Å²) in [7, 11) is 1.41. The van der Waals surface area contributed by atoms with Gasteiger partial charge in [-0.1, -0.05) is 64.1 Å². The summed E-state index contributed by atoms with van der Waals surface area (Å²) in [4.78, 5) is 73.9. The summed E-state index contributed by atoms with van der Waals surface area (Å²) in [5.74, 6) is -8.78. The van der Waals surface area contributed by atoms with Crippen LogP contribution in [0.15, 0.2) is 107 Å². The van der Waals surface area contributed by atoms with Gasteiger partial charge in [-0.25, -0.2) is 4.99 Å². The molecule has 5 bridgehead atoms. The molecule has 1 amide bonds. The van der Waals surface area contributed by atoms with E-state index in [1.54, 1.807) is 58.1 Å². The zero-order chi connectivity index (χ0) is 48.2. The van der Waals surface area contributed by atoms with Gasteiger partial charge in [-0.3, -0.25) is 40.3 Å². The predicted molar refractivity (Wildman–Crippen MR) is 239 cm³/mol. The van der Waals surface area contributed by atoms with E-state index in [9.17, 15) is 39.3 Å². The summed E-state index contributed by atoms with van der Waals surface area (Å²) < 4.78 is 29.3. The highest BCUT2D eigenvalue weighted by Crippen LogP contribution is 2.48. The Hall–Kier alpha value is -7.02. The number of Topliss-reactive ketones (excluding diaryl/α,β-unsaturated/α-hetero) is 3. The number of phenols is 1. The maximum absolute atomic E-state index is 14.7. The van der Waals surface area contributed by atoms with Crippen molar-refractivity contribution in [1.82, 2.24) is 21.7 Å². The van der Waals surface area contributed by atoms with Crippen LogP contribution in [0.4, 0.5) is 0 Å². The van der Waals surface area contributed by atoms with Crippen molar-refractivity contribution in [2.75, 3.05) is 7.11 Å². The maximum atomic E-state index is 14.7. The minimum atomic E-state index is -2.14. The molecule has 2 aromatic rings. The van der Waals surface area contributed by atoms with Crippen LogP contribution in [-0.4, -0.2) is 87.6 Å². The van der Waals surface area contributed by atoms with Crippen LogP contribution < -0.4 is 31.2 Å². The zero-order valence-corrected chi connectivity index (χ0v) is 38.0. The molecule has 9 unspecified atom stereocenters. The van der Waals surface area contributed by atoms with Gasteiger partial charge in [0.05, 0.1) is 46.8 Å². The average Bonchev–Trinajstić information content (AvgIpc) is 3.56. The molecule has 66 heavy (non-hydrogen) atoms. The molecule has 18 heteroatoms. The number of nitrogens with one attached hydrogen (secondary N) is 4. The number of rotatable bonds is 7. The maximum Gasteiger partial charge on any atom is 0.312 e. The first kappa shape index (κ1) is 48.4. The van der Waals surface area contributed by atoms with E-state index in [1.807, 2.05) is 18.2 Å². The van der Waals surface area contributed by atoms with Crippen LogP contribution in [0.5, 0.6) is 17.2 Å². The largest absolute Gasteiger partial charge is 0.507 e. The number of hydrogen-bond donors (Lipinski definition) is 7. The highest BCUT2D eigenvalue weighted by Gasteiger charge is 2.53. The van der Waals surface area contributed by atoms with E-state index in [0.29, 0.717) is 17.5 Å². The molecule has 350 valence electrons. The normalized spacial score (nSPS) is 28.7. The summed E-state index contributed by atoms with van der Waals surface area (Å²) in [6.45, 7) is 12.2. The molecular weight excluding hydrogens is 855 g/mol. The number of aliphatic hydroxyl groups is 2.